The molecular weight excluding hydrogens is 270 g/mol. The third-order valence-electron chi connectivity index (χ3n) is 4.56. The minimum atomic E-state index is 0.735. The van der Waals surface area contributed by atoms with Crippen molar-refractivity contribution in [2.24, 2.45) is 0 Å². The topological polar surface area (TPSA) is 18.5 Å². The average molecular weight is 294 g/mol. The number of anilines is 1. The average Bonchev–Trinajstić information content (AvgIpc) is 2.78. The van der Waals surface area contributed by atoms with Crippen LogP contribution < -0.4 is 10.2 Å². The Morgan fingerprint density at radius 2 is 2.10 bits per heavy atom. The first kappa shape index (κ1) is 14.2. The van der Waals surface area contributed by atoms with Crippen molar-refractivity contribution in [3.8, 4) is 0 Å². The molecule has 2 aliphatic rings. The minimum Gasteiger partial charge on any atom is -0.370 e. The van der Waals surface area contributed by atoms with Crippen LogP contribution in [0, 0.1) is 0 Å². The van der Waals surface area contributed by atoms with Crippen molar-refractivity contribution in [2.75, 3.05) is 38.1 Å². The van der Waals surface area contributed by atoms with E-state index in [1.165, 1.54) is 43.6 Å². The van der Waals surface area contributed by atoms with Crippen LogP contribution in [0.1, 0.15) is 24.8 Å². The molecule has 2 saturated heterocycles. The van der Waals surface area contributed by atoms with Crippen LogP contribution in [-0.4, -0.2) is 44.2 Å². The van der Waals surface area contributed by atoms with Gasteiger partial charge in [-0.15, -0.1) is 0 Å². The first-order valence-electron chi connectivity index (χ1n) is 7.70. The molecule has 1 unspecified atom stereocenters. The summed E-state index contributed by atoms with van der Waals surface area (Å²) in [4.78, 5) is 5.22. The molecular formula is C16H24ClN3. The third kappa shape index (κ3) is 2.95. The lowest BCUT2D eigenvalue weighted by Gasteiger charge is -2.29. The largest absolute Gasteiger partial charge is 0.370 e. The SMILES string of the molecule is CNCc1ccc(Cl)cc1N1CCCN2CCCC2C1. The monoisotopic (exact) mass is 293 g/mol. The van der Waals surface area contributed by atoms with E-state index in [2.05, 4.69) is 27.2 Å². The molecule has 0 spiro atoms. The molecule has 2 heterocycles. The lowest BCUT2D eigenvalue weighted by Crippen LogP contribution is -2.37. The normalized spacial score (nSPS) is 23.7. The lowest BCUT2D eigenvalue weighted by atomic mass is 10.1. The molecule has 110 valence electrons. The fourth-order valence-corrected chi connectivity index (χ4v) is 3.76. The van der Waals surface area contributed by atoms with Crippen LogP contribution in [0.2, 0.25) is 5.02 Å². The van der Waals surface area contributed by atoms with Crippen molar-refractivity contribution in [3.63, 3.8) is 0 Å². The van der Waals surface area contributed by atoms with Crippen LogP contribution in [0.5, 0.6) is 0 Å². The smallest absolute Gasteiger partial charge is 0.0427 e. The van der Waals surface area contributed by atoms with Gasteiger partial charge in [-0.3, -0.25) is 4.90 Å². The second kappa shape index (κ2) is 6.33. The number of benzene rings is 1. The maximum absolute atomic E-state index is 6.23. The Balaban J connectivity index is 1.85. The van der Waals surface area contributed by atoms with Crippen molar-refractivity contribution in [3.05, 3.63) is 28.8 Å². The summed E-state index contributed by atoms with van der Waals surface area (Å²) in [7, 11) is 2.00. The van der Waals surface area contributed by atoms with Crippen LogP contribution in [-0.2, 0) is 6.54 Å². The van der Waals surface area contributed by atoms with Gasteiger partial charge in [-0.25, -0.2) is 0 Å². The Morgan fingerprint density at radius 1 is 1.25 bits per heavy atom. The molecule has 0 aliphatic carbocycles. The summed E-state index contributed by atoms with van der Waals surface area (Å²) in [5.41, 5.74) is 2.67. The first-order valence-corrected chi connectivity index (χ1v) is 8.08. The molecule has 2 aliphatic heterocycles. The molecule has 4 heteroatoms. The second-order valence-corrected chi connectivity index (χ2v) is 6.37. The van der Waals surface area contributed by atoms with Crippen LogP contribution in [0.4, 0.5) is 5.69 Å². The molecule has 1 N–H and O–H groups in total. The molecule has 0 saturated carbocycles. The van der Waals surface area contributed by atoms with Crippen LogP contribution >= 0.6 is 11.6 Å². The molecule has 1 atom stereocenters. The van der Waals surface area contributed by atoms with E-state index in [9.17, 15) is 0 Å². The Labute approximate surface area is 126 Å². The van der Waals surface area contributed by atoms with E-state index in [-0.39, 0.29) is 0 Å². The van der Waals surface area contributed by atoms with Gasteiger partial charge in [-0.05, 0) is 50.6 Å². The Hall–Kier alpha value is -0.770. The molecule has 3 rings (SSSR count). The van der Waals surface area contributed by atoms with Crippen molar-refractivity contribution >= 4 is 17.3 Å². The summed E-state index contributed by atoms with van der Waals surface area (Å²) in [6.07, 6.45) is 3.96. The zero-order valence-corrected chi connectivity index (χ0v) is 13.0. The highest BCUT2D eigenvalue weighted by atomic mass is 35.5. The lowest BCUT2D eigenvalue weighted by molar-refractivity contribution is 0.273. The summed E-state index contributed by atoms with van der Waals surface area (Å²) < 4.78 is 0. The maximum atomic E-state index is 6.23. The van der Waals surface area contributed by atoms with E-state index < -0.39 is 0 Å². The minimum absolute atomic E-state index is 0.735. The van der Waals surface area contributed by atoms with E-state index in [1.54, 1.807) is 0 Å². The van der Waals surface area contributed by atoms with Gasteiger partial charge in [0.1, 0.15) is 0 Å². The summed E-state index contributed by atoms with van der Waals surface area (Å²) >= 11 is 6.23. The van der Waals surface area contributed by atoms with E-state index in [0.29, 0.717) is 0 Å². The summed E-state index contributed by atoms with van der Waals surface area (Å²) in [6.45, 7) is 5.74. The first-order chi connectivity index (χ1) is 9.78. The van der Waals surface area contributed by atoms with E-state index >= 15 is 0 Å². The zero-order chi connectivity index (χ0) is 13.9. The number of hydrogen-bond donors (Lipinski definition) is 1. The van der Waals surface area contributed by atoms with Crippen molar-refractivity contribution < 1.29 is 0 Å². The number of rotatable bonds is 3. The van der Waals surface area contributed by atoms with Crippen LogP contribution in [0.15, 0.2) is 18.2 Å². The zero-order valence-electron chi connectivity index (χ0n) is 12.2. The van der Waals surface area contributed by atoms with E-state index in [0.717, 1.165) is 30.7 Å². The summed E-state index contributed by atoms with van der Waals surface area (Å²) in [6, 6.07) is 7.03. The van der Waals surface area contributed by atoms with Gasteiger partial charge in [-0.2, -0.15) is 0 Å². The van der Waals surface area contributed by atoms with Crippen LogP contribution in [0.25, 0.3) is 0 Å². The quantitative estimate of drug-likeness (QED) is 0.924. The molecule has 0 bridgehead atoms. The van der Waals surface area contributed by atoms with Gasteiger partial charge < -0.3 is 10.2 Å². The number of nitrogens with one attached hydrogen (secondary N) is 1. The number of halogens is 1. The highest BCUT2D eigenvalue weighted by Gasteiger charge is 2.29. The number of fused-ring (bicyclic) bond motifs is 1. The van der Waals surface area contributed by atoms with Crippen molar-refractivity contribution in [1.29, 1.82) is 0 Å². The highest BCUT2D eigenvalue weighted by molar-refractivity contribution is 6.30. The fraction of sp³-hybridized carbons (Fsp3) is 0.625. The van der Waals surface area contributed by atoms with Gasteiger partial charge in [0.2, 0.25) is 0 Å². The van der Waals surface area contributed by atoms with Gasteiger partial charge in [-0.1, -0.05) is 17.7 Å². The Bertz CT molecular complexity index is 463. The molecule has 0 amide bonds. The number of hydrogen-bond acceptors (Lipinski definition) is 3. The highest BCUT2D eigenvalue weighted by Crippen LogP contribution is 2.29. The van der Waals surface area contributed by atoms with E-state index in [4.69, 9.17) is 11.6 Å². The Morgan fingerprint density at radius 3 is 2.95 bits per heavy atom. The molecule has 0 radical (unpaired) electrons. The van der Waals surface area contributed by atoms with Crippen molar-refractivity contribution in [1.82, 2.24) is 10.2 Å². The summed E-state index contributed by atoms with van der Waals surface area (Å²) in [5.74, 6) is 0. The summed E-state index contributed by atoms with van der Waals surface area (Å²) in [5, 5.41) is 4.10. The maximum Gasteiger partial charge on any atom is 0.0427 e. The van der Waals surface area contributed by atoms with Gasteiger partial charge in [0.25, 0.3) is 0 Å². The molecule has 0 aromatic heterocycles. The second-order valence-electron chi connectivity index (χ2n) is 5.93. The van der Waals surface area contributed by atoms with Gasteiger partial charge >= 0.3 is 0 Å². The van der Waals surface area contributed by atoms with Gasteiger partial charge in [0.05, 0.1) is 0 Å². The van der Waals surface area contributed by atoms with Gasteiger partial charge in [0.15, 0.2) is 0 Å². The van der Waals surface area contributed by atoms with Crippen LogP contribution in [0.3, 0.4) is 0 Å². The third-order valence-corrected chi connectivity index (χ3v) is 4.79. The fourth-order valence-electron chi connectivity index (χ4n) is 3.60. The number of nitrogens with zero attached hydrogens (tertiary/aromatic N) is 2. The predicted octanol–water partition coefficient (Wildman–Crippen LogP) is 2.73. The molecule has 1 aromatic carbocycles. The predicted molar refractivity (Wildman–Crippen MR) is 85.6 cm³/mol. The standard InChI is InChI=1S/C16H24ClN3/c1-18-11-13-5-6-14(17)10-16(13)20-9-3-8-19-7-2-4-15(19)12-20/h5-6,10,15,18H,2-4,7-9,11-12H2,1H3. The molecule has 2 fully saturated rings. The molecule has 1 aromatic rings. The Kier molecular flexibility index (Phi) is 4.49. The van der Waals surface area contributed by atoms with E-state index in [1.807, 2.05) is 13.1 Å². The molecule has 20 heavy (non-hydrogen) atoms. The molecule has 3 nitrogen and oxygen atoms in total. The van der Waals surface area contributed by atoms with Crippen molar-refractivity contribution in [2.45, 2.75) is 31.8 Å². The van der Waals surface area contributed by atoms with Gasteiger partial charge in [0, 0.05) is 42.9 Å².